The number of carboxylic acid groups (broad SMARTS) is 1. The minimum atomic E-state index is -3.97. The number of aromatic nitrogens is 2. The fraction of sp³-hybridized carbons (Fsp3) is 0.458. The highest BCUT2D eigenvalue weighted by Crippen LogP contribution is 2.22. The Balaban J connectivity index is 1.50. The molecule has 1 aromatic carbocycles. The number of nitrogens with one attached hydrogen (secondary N) is 3. The summed E-state index contributed by atoms with van der Waals surface area (Å²) in [6, 6.07) is 7.28. The van der Waals surface area contributed by atoms with Crippen molar-refractivity contribution in [3.8, 4) is 0 Å². The first-order valence-electron chi connectivity index (χ1n) is 12.2. The van der Waals surface area contributed by atoms with Gasteiger partial charge in [-0.3, -0.25) is 14.4 Å². The molecule has 2 aromatic rings. The van der Waals surface area contributed by atoms with Crippen LogP contribution in [0.25, 0.3) is 0 Å². The van der Waals surface area contributed by atoms with Crippen LogP contribution in [0.3, 0.4) is 0 Å². The van der Waals surface area contributed by atoms with Crippen LogP contribution in [-0.2, 0) is 24.3 Å². The largest absolute Gasteiger partial charge is 0.480 e. The van der Waals surface area contributed by atoms with Crippen molar-refractivity contribution in [1.29, 1.82) is 0 Å². The molecule has 0 aliphatic carbocycles. The highest BCUT2D eigenvalue weighted by Gasteiger charge is 2.25. The molecule has 0 saturated carbocycles. The van der Waals surface area contributed by atoms with Gasteiger partial charge in [0.15, 0.2) is 0 Å². The van der Waals surface area contributed by atoms with Crippen molar-refractivity contribution in [2.45, 2.75) is 38.3 Å². The molecule has 1 amide bonds. The van der Waals surface area contributed by atoms with Gasteiger partial charge in [-0.15, -0.1) is 0 Å². The summed E-state index contributed by atoms with van der Waals surface area (Å²) in [7, 11) is -3.97. The van der Waals surface area contributed by atoms with E-state index in [1.165, 1.54) is 6.92 Å². The summed E-state index contributed by atoms with van der Waals surface area (Å²) >= 11 is 0. The Morgan fingerprint density at radius 1 is 1.18 bits per heavy atom. The van der Waals surface area contributed by atoms with Gasteiger partial charge in [0.1, 0.15) is 6.04 Å². The summed E-state index contributed by atoms with van der Waals surface area (Å²) in [5, 5.41) is 15.2. The van der Waals surface area contributed by atoms with E-state index in [-0.39, 0.29) is 19.1 Å². The van der Waals surface area contributed by atoms with Crippen LogP contribution in [0.5, 0.6) is 0 Å². The number of benzene rings is 1. The molecule has 1 fully saturated rings. The van der Waals surface area contributed by atoms with Gasteiger partial charge in [0.05, 0.1) is 12.4 Å². The number of hydrogen-bond donors (Lipinski definition) is 4. The number of carboxylic acids is 1. The van der Waals surface area contributed by atoms with Gasteiger partial charge in [0, 0.05) is 56.2 Å². The molecule has 2 unspecified atom stereocenters. The number of carbonyl (C=O) groups excluding carboxylic acids is 2. The standard InChI is InChI=1S/C24H32N6O7S/c1-17(31)37-13-4-14-38(35,36)29-21(23(33)34)15-27-22(32)18-6-8-20(9-7-18)30-12-2-5-19(16-30)28-24-25-10-3-11-26-24/h3,6-11,19,21,29H,2,4-5,12-16H2,1H3,(H,27,32)(H,33,34)(H,25,26,28). The van der Waals surface area contributed by atoms with Crippen LogP contribution in [0, 0.1) is 0 Å². The molecular weight excluding hydrogens is 516 g/mol. The van der Waals surface area contributed by atoms with Crippen LogP contribution in [0.4, 0.5) is 11.6 Å². The summed E-state index contributed by atoms with van der Waals surface area (Å²) in [6.45, 7) is 2.26. The van der Waals surface area contributed by atoms with E-state index < -0.39 is 46.2 Å². The normalized spacial score (nSPS) is 16.3. The van der Waals surface area contributed by atoms with Crippen LogP contribution >= 0.6 is 0 Å². The second-order valence-corrected chi connectivity index (χ2v) is 10.7. The van der Waals surface area contributed by atoms with Gasteiger partial charge in [0.2, 0.25) is 16.0 Å². The number of anilines is 2. The fourth-order valence-corrected chi connectivity index (χ4v) is 5.16. The molecule has 3 rings (SSSR count). The highest BCUT2D eigenvalue weighted by atomic mass is 32.2. The van der Waals surface area contributed by atoms with Gasteiger partial charge in [-0.05, 0) is 49.6 Å². The summed E-state index contributed by atoms with van der Waals surface area (Å²) < 4.78 is 31.1. The third-order valence-electron chi connectivity index (χ3n) is 5.76. The first-order chi connectivity index (χ1) is 18.1. The molecule has 1 aliphatic heterocycles. The molecule has 0 spiro atoms. The lowest BCUT2D eigenvalue weighted by Gasteiger charge is -2.34. The van der Waals surface area contributed by atoms with E-state index in [0.717, 1.165) is 31.6 Å². The number of rotatable bonds is 13. The molecule has 4 N–H and O–H groups in total. The molecule has 1 aromatic heterocycles. The Bertz CT molecular complexity index is 1190. The highest BCUT2D eigenvalue weighted by molar-refractivity contribution is 7.89. The van der Waals surface area contributed by atoms with E-state index in [1.54, 1.807) is 30.6 Å². The maximum Gasteiger partial charge on any atom is 0.323 e. The number of piperidine rings is 1. The topological polar surface area (TPSA) is 180 Å². The lowest BCUT2D eigenvalue weighted by atomic mass is 10.0. The van der Waals surface area contributed by atoms with Crippen molar-refractivity contribution < 1.29 is 32.6 Å². The number of amides is 1. The van der Waals surface area contributed by atoms with Gasteiger partial charge in [-0.25, -0.2) is 18.4 Å². The summed E-state index contributed by atoms with van der Waals surface area (Å²) in [6.07, 6.45) is 5.33. The number of carbonyl (C=O) groups is 3. The van der Waals surface area contributed by atoms with Gasteiger partial charge in [-0.2, -0.15) is 4.72 Å². The fourth-order valence-electron chi connectivity index (χ4n) is 3.93. The SMILES string of the molecule is CC(=O)OCCCS(=O)(=O)NC(CNC(=O)c1ccc(N2CCCC(Nc3ncccn3)C2)cc1)C(=O)O. The van der Waals surface area contributed by atoms with Crippen LogP contribution in [0.15, 0.2) is 42.7 Å². The van der Waals surface area contributed by atoms with E-state index in [0.29, 0.717) is 11.5 Å². The van der Waals surface area contributed by atoms with Crippen molar-refractivity contribution in [2.75, 3.05) is 42.2 Å². The number of sulfonamides is 1. The molecule has 0 radical (unpaired) electrons. The lowest BCUT2D eigenvalue weighted by Crippen LogP contribution is -2.49. The first kappa shape index (κ1) is 28.8. The molecule has 2 atom stereocenters. The van der Waals surface area contributed by atoms with Crippen molar-refractivity contribution in [1.82, 2.24) is 20.0 Å². The third-order valence-corrected chi connectivity index (χ3v) is 7.23. The maximum absolute atomic E-state index is 12.6. The molecule has 1 aliphatic rings. The minimum Gasteiger partial charge on any atom is -0.480 e. The Kier molecular flexibility index (Phi) is 10.4. The summed E-state index contributed by atoms with van der Waals surface area (Å²) in [4.78, 5) is 45.5. The Morgan fingerprint density at radius 2 is 1.89 bits per heavy atom. The zero-order valence-electron chi connectivity index (χ0n) is 21.0. The molecule has 38 heavy (non-hydrogen) atoms. The van der Waals surface area contributed by atoms with Gasteiger partial charge in [0.25, 0.3) is 5.91 Å². The van der Waals surface area contributed by atoms with Crippen molar-refractivity contribution in [3.63, 3.8) is 0 Å². The monoisotopic (exact) mass is 548 g/mol. The second-order valence-electron chi connectivity index (χ2n) is 8.78. The third kappa shape index (κ3) is 9.27. The molecule has 14 heteroatoms. The molecule has 2 heterocycles. The zero-order valence-corrected chi connectivity index (χ0v) is 21.8. The van der Waals surface area contributed by atoms with E-state index >= 15 is 0 Å². The number of hydrogen-bond acceptors (Lipinski definition) is 10. The molecule has 1 saturated heterocycles. The van der Waals surface area contributed by atoms with Gasteiger partial charge < -0.3 is 25.4 Å². The lowest BCUT2D eigenvalue weighted by molar-refractivity contribution is -0.141. The van der Waals surface area contributed by atoms with E-state index in [9.17, 15) is 27.9 Å². The molecule has 13 nitrogen and oxygen atoms in total. The summed E-state index contributed by atoms with van der Waals surface area (Å²) in [5.74, 6) is -2.35. The van der Waals surface area contributed by atoms with E-state index in [4.69, 9.17) is 0 Å². The average molecular weight is 549 g/mol. The van der Waals surface area contributed by atoms with Crippen LogP contribution in [0.1, 0.15) is 36.5 Å². The average Bonchev–Trinajstić information content (AvgIpc) is 2.89. The predicted molar refractivity (Wildman–Crippen MR) is 139 cm³/mol. The van der Waals surface area contributed by atoms with Crippen molar-refractivity contribution >= 4 is 39.5 Å². The predicted octanol–water partition coefficient (Wildman–Crippen LogP) is 0.613. The van der Waals surface area contributed by atoms with Crippen LogP contribution in [-0.4, -0.2) is 85.4 Å². The molecule has 206 valence electrons. The Morgan fingerprint density at radius 3 is 2.55 bits per heavy atom. The minimum absolute atomic E-state index is 0.00776. The number of nitrogens with zero attached hydrogens (tertiary/aromatic N) is 3. The second kappa shape index (κ2) is 13.7. The van der Waals surface area contributed by atoms with Crippen molar-refractivity contribution in [3.05, 3.63) is 48.3 Å². The Hall–Kier alpha value is -3.78. The number of esters is 1. The van der Waals surface area contributed by atoms with E-state index in [1.807, 2.05) is 12.1 Å². The van der Waals surface area contributed by atoms with Gasteiger partial charge in [-0.1, -0.05) is 0 Å². The van der Waals surface area contributed by atoms with Crippen molar-refractivity contribution in [2.24, 2.45) is 0 Å². The van der Waals surface area contributed by atoms with Crippen LogP contribution in [0.2, 0.25) is 0 Å². The number of ether oxygens (including phenoxy) is 1. The van der Waals surface area contributed by atoms with E-state index in [2.05, 4.69) is 35.0 Å². The molecule has 0 bridgehead atoms. The van der Waals surface area contributed by atoms with Gasteiger partial charge >= 0.3 is 11.9 Å². The smallest absolute Gasteiger partial charge is 0.323 e. The maximum atomic E-state index is 12.6. The Labute approximate surface area is 221 Å². The molecular formula is C24H32N6O7S. The zero-order chi connectivity index (χ0) is 27.5. The first-order valence-corrected chi connectivity index (χ1v) is 13.8. The van der Waals surface area contributed by atoms with Crippen LogP contribution < -0.4 is 20.3 Å². The quantitative estimate of drug-likeness (QED) is 0.203. The summed E-state index contributed by atoms with van der Waals surface area (Å²) in [5.41, 5.74) is 1.25. The number of aliphatic carboxylic acids is 1.